The van der Waals surface area contributed by atoms with Gasteiger partial charge in [0.05, 0.1) is 6.61 Å². The molecule has 0 radical (unpaired) electrons. The minimum Gasteiger partial charge on any atom is -0.477 e. The van der Waals surface area contributed by atoms with Crippen molar-refractivity contribution in [3.8, 4) is 5.88 Å². The molecular formula is C12H18ClN3O. The predicted octanol–water partition coefficient (Wildman–Crippen LogP) is 2.29. The van der Waals surface area contributed by atoms with E-state index in [-0.39, 0.29) is 0 Å². The molecule has 0 aliphatic carbocycles. The molecule has 0 bridgehead atoms. The monoisotopic (exact) mass is 255 g/mol. The van der Waals surface area contributed by atoms with Crippen LogP contribution in [0.15, 0.2) is 12.1 Å². The second kappa shape index (κ2) is 6.77. The Kier molecular flexibility index (Phi) is 5.01. The van der Waals surface area contributed by atoms with E-state index in [4.69, 9.17) is 16.3 Å². The summed E-state index contributed by atoms with van der Waals surface area (Å²) in [4.78, 5) is 0. The molecule has 1 N–H and O–H groups in total. The zero-order valence-electron chi connectivity index (χ0n) is 9.86. The van der Waals surface area contributed by atoms with Crippen LogP contribution in [-0.4, -0.2) is 29.9 Å². The number of ether oxygens (including phenoxy) is 1. The van der Waals surface area contributed by atoms with Gasteiger partial charge in [0.2, 0.25) is 5.88 Å². The van der Waals surface area contributed by atoms with Crippen LogP contribution in [0, 0.1) is 5.92 Å². The molecule has 5 heteroatoms. The van der Waals surface area contributed by atoms with Gasteiger partial charge in [-0.05, 0) is 50.8 Å². The summed E-state index contributed by atoms with van der Waals surface area (Å²) in [5, 5.41) is 11.3. The van der Waals surface area contributed by atoms with Gasteiger partial charge in [-0.2, -0.15) is 0 Å². The maximum absolute atomic E-state index is 5.64. The van der Waals surface area contributed by atoms with Crippen molar-refractivity contribution in [3.05, 3.63) is 17.3 Å². The average molecular weight is 256 g/mol. The fourth-order valence-electron chi connectivity index (χ4n) is 2.10. The number of hydrogen-bond donors (Lipinski definition) is 1. The lowest BCUT2D eigenvalue weighted by Crippen LogP contribution is -2.27. The van der Waals surface area contributed by atoms with Crippen molar-refractivity contribution in [1.29, 1.82) is 0 Å². The van der Waals surface area contributed by atoms with Crippen molar-refractivity contribution in [1.82, 2.24) is 15.5 Å². The first kappa shape index (κ1) is 12.6. The van der Waals surface area contributed by atoms with E-state index in [1.54, 1.807) is 12.1 Å². The Morgan fingerprint density at radius 1 is 1.29 bits per heavy atom. The minimum atomic E-state index is 0.395. The Hall–Kier alpha value is -0.870. The molecule has 2 heterocycles. The molecule has 0 unspecified atom stereocenters. The maximum Gasteiger partial charge on any atom is 0.233 e. The molecule has 1 aliphatic rings. The molecule has 1 aromatic rings. The Balaban J connectivity index is 1.60. The quantitative estimate of drug-likeness (QED) is 0.820. The molecule has 1 saturated heterocycles. The van der Waals surface area contributed by atoms with Crippen LogP contribution in [0.1, 0.15) is 25.7 Å². The molecule has 1 aromatic heterocycles. The zero-order valence-corrected chi connectivity index (χ0v) is 10.6. The third kappa shape index (κ3) is 4.48. The lowest BCUT2D eigenvalue weighted by atomic mass is 9.93. The molecule has 0 spiro atoms. The summed E-state index contributed by atoms with van der Waals surface area (Å²) in [6.45, 7) is 3.03. The number of nitrogens with zero attached hydrogens (tertiary/aromatic N) is 2. The number of halogens is 1. The van der Waals surface area contributed by atoms with E-state index in [0.29, 0.717) is 17.6 Å². The van der Waals surface area contributed by atoms with Crippen LogP contribution in [0.5, 0.6) is 5.88 Å². The van der Waals surface area contributed by atoms with Gasteiger partial charge in [0, 0.05) is 6.07 Å². The van der Waals surface area contributed by atoms with Crippen LogP contribution in [0.2, 0.25) is 5.15 Å². The van der Waals surface area contributed by atoms with E-state index in [1.165, 1.54) is 19.3 Å². The van der Waals surface area contributed by atoms with Crippen LogP contribution in [-0.2, 0) is 0 Å². The second-order valence-electron chi connectivity index (χ2n) is 4.38. The summed E-state index contributed by atoms with van der Waals surface area (Å²) in [5.74, 6) is 1.41. The van der Waals surface area contributed by atoms with Crippen molar-refractivity contribution in [2.24, 2.45) is 5.92 Å². The van der Waals surface area contributed by atoms with Gasteiger partial charge in [0.15, 0.2) is 5.15 Å². The van der Waals surface area contributed by atoms with E-state index < -0.39 is 0 Å². The lowest BCUT2D eigenvalue weighted by molar-refractivity contribution is 0.264. The third-order valence-electron chi connectivity index (χ3n) is 3.07. The van der Waals surface area contributed by atoms with Gasteiger partial charge in [-0.15, -0.1) is 10.2 Å². The summed E-state index contributed by atoms with van der Waals surface area (Å²) in [6.07, 6.45) is 4.90. The smallest absolute Gasteiger partial charge is 0.233 e. The van der Waals surface area contributed by atoms with Gasteiger partial charge in [0.1, 0.15) is 0 Å². The fraction of sp³-hybridized carbons (Fsp3) is 0.667. The standard InChI is InChI=1S/C12H18ClN3O/c13-11-3-4-12(16-15-11)17-9-1-2-10-5-7-14-8-6-10/h3-4,10,14H,1-2,5-9H2. The molecule has 2 rings (SSSR count). The normalized spacial score (nSPS) is 17.0. The molecule has 17 heavy (non-hydrogen) atoms. The van der Waals surface area contributed by atoms with Crippen LogP contribution >= 0.6 is 11.6 Å². The number of hydrogen-bond acceptors (Lipinski definition) is 4. The van der Waals surface area contributed by atoms with Crippen molar-refractivity contribution in [3.63, 3.8) is 0 Å². The van der Waals surface area contributed by atoms with Gasteiger partial charge < -0.3 is 10.1 Å². The van der Waals surface area contributed by atoms with E-state index in [2.05, 4.69) is 15.5 Å². The predicted molar refractivity (Wildman–Crippen MR) is 67.4 cm³/mol. The first-order valence-electron chi connectivity index (χ1n) is 6.17. The van der Waals surface area contributed by atoms with Crippen molar-refractivity contribution < 1.29 is 4.74 Å². The highest BCUT2D eigenvalue weighted by molar-refractivity contribution is 6.29. The van der Waals surface area contributed by atoms with Gasteiger partial charge in [0.25, 0.3) is 0 Å². The molecule has 94 valence electrons. The van der Waals surface area contributed by atoms with Gasteiger partial charge in [-0.1, -0.05) is 11.6 Å². The van der Waals surface area contributed by atoms with Crippen molar-refractivity contribution in [2.45, 2.75) is 25.7 Å². The van der Waals surface area contributed by atoms with E-state index in [9.17, 15) is 0 Å². The molecular weight excluding hydrogens is 238 g/mol. The molecule has 0 amide bonds. The lowest BCUT2D eigenvalue weighted by Gasteiger charge is -2.22. The highest BCUT2D eigenvalue weighted by atomic mass is 35.5. The first-order chi connectivity index (χ1) is 8.34. The summed E-state index contributed by atoms with van der Waals surface area (Å²) < 4.78 is 5.50. The highest BCUT2D eigenvalue weighted by Gasteiger charge is 2.12. The summed E-state index contributed by atoms with van der Waals surface area (Å²) in [5.41, 5.74) is 0. The average Bonchev–Trinajstić information content (AvgIpc) is 2.38. The topological polar surface area (TPSA) is 47.0 Å². The fourth-order valence-corrected chi connectivity index (χ4v) is 2.20. The molecule has 4 nitrogen and oxygen atoms in total. The SMILES string of the molecule is Clc1ccc(OCCCC2CCNCC2)nn1. The third-order valence-corrected chi connectivity index (χ3v) is 3.27. The van der Waals surface area contributed by atoms with Crippen LogP contribution in [0.4, 0.5) is 0 Å². The van der Waals surface area contributed by atoms with E-state index in [1.807, 2.05) is 0 Å². The Morgan fingerprint density at radius 2 is 2.12 bits per heavy atom. The second-order valence-corrected chi connectivity index (χ2v) is 4.77. The van der Waals surface area contributed by atoms with Gasteiger partial charge >= 0.3 is 0 Å². The summed E-state index contributed by atoms with van der Waals surface area (Å²) >= 11 is 5.64. The number of piperidine rings is 1. The van der Waals surface area contributed by atoms with Crippen LogP contribution in [0.3, 0.4) is 0 Å². The number of aromatic nitrogens is 2. The Morgan fingerprint density at radius 3 is 2.82 bits per heavy atom. The zero-order chi connectivity index (χ0) is 11.9. The van der Waals surface area contributed by atoms with Gasteiger partial charge in [-0.25, -0.2) is 0 Å². The minimum absolute atomic E-state index is 0.395. The maximum atomic E-state index is 5.64. The van der Waals surface area contributed by atoms with E-state index in [0.717, 1.165) is 25.4 Å². The largest absolute Gasteiger partial charge is 0.477 e. The molecule has 1 aliphatic heterocycles. The van der Waals surface area contributed by atoms with Gasteiger partial charge in [-0.3, -0.25) is 0 Å². The molecule has 0 aromatic carbocycles. The first-order valence-corrected chi connectivity index (χ1v) is 6.55. The van der Waals surface area contributed by atoms with Crippen molar-refractivity contribution in [2.75, 3.05) is 19.7 Å². The van der Waals surface area contributed by atoms with Crippen LogP contribution in [0.25, 0.3) is 0 Å². The van der Waals surface area contributed by atoms with Crippen molar-refractivity contribution >= 4 is 11.6 Å². The molecule has 1 fully saturated rings. The van der Waals surface area contributed by atoms with Crippen LogP contribution < -0.4 is 10.1 Å². The number of nitrogens with one attached hydrogen (secondary N) is 1. The highest BCUT2D eigenvalue weighted by Crippen LogP contribution is 2.18. The van der Waals surface area contributed by atoms with E-state index >= 15 is 0 Å². The Labute approximate surface area is 107 Å². The molecule has 0 saturated carbocycles. The summed E-state index contributed by atoms with van der Waals surface area (Å²) in [6, 6.07) is 3.44. The molecule has 0 atom stereocenters. The Bertz CT molecular complexity index is 325. The summed E-state index contributed by atoms with van der Waals surface area (Å²) in [7, 11) is 0. The number of rotatable bonds is 5.